The normalized spacial score (nSPS) is 14.8. The number of carbonyl (C=O) groups is 2. The molecule has 0 aromatic heterocycles. The van der Waals surface area contributed by atoms with Crippen LogP contribution in [-0.2, 0) is 11.2 Å². The molecule has 2 amide bonds. The molecule has 0 radical (unpaired) electrons. The van der Waals surface area contributed by atoms with E-state index in [9.17, 15) is 9.59 Å². The molecule has 4 nitrogen and oxygen atoms in total. The zero-order chi connectivity index (χ0) is 16.1. The topological polar surface area (TPSA) is 58.2 Å². The van der Waals surface area contributed by atoms with Gasteiger partial charge in [0.05, 0.1) is 0 Å². The van der Waals surface area contributed by atoms with Crippen molar-refractivity contribution in [2.45, 2.75) is 31.3 Å². The maximum Gasteiger partial charge on any atom is 0.251 e. The van der Waals surface area contributed by atoms with Crippen molar-refractivity contribution in [2.24, 2.45) is 0 Å². The molecule has 3 rings (SSSR count). The van der Waals surface area contributed by atoms with E-state index >= 15 is 0 Å². The number of nitrogens with one attached hydrogen (secondary N) is 2. The zero-order valence-corrected chi connectivity index (χ0v) is 12.9. The highest BCUT2D eigenvalue weighted by Crippen LogP contribution is 2.19. The third kappa shape index (κ3) is 4.42. The second kappa shape index (κ2) is 7.09. The molecule has 1 aliphatic rings. The van der Waals surface area contributed by atoms with Crippen LogP contribution in [0.15, 0.2) is 60.7 Å². The van der Waals surface area contributed by atoms with Crippen LogP contribution >= 0.6 is 0 Å². The summed E-state index contributed by atoms with van der Waals surface area (Å²) in [7, 11) is 0. The first-order valence-corrected chi connectivity index (χ1v) is 7.92. The van der Waals surface area contributed by atoms with Crippen molar-refractivity contribution in [3.63, 3.8) is 0 Å². The van der Waals surface area contributed by atoms with E-state index in [0.717, 1.165) is 18.4 Å². The highest BCUT2D eigenvalue weighted by Gasteiger charge is 2.28. The summed E-state index contributed by atoms with van der Waals surface area (Å²) < 4.78 is 0. The quantitative estimate of drug-likeness (QED) is 0.860. The fraction of sp³-hybridized carbons (Fsp3) is 0.263. The van der Waals surface area contributed by atoms with Gasteiger partial charge in [0.2, 0.25) is 5.91 Å². The van der Waals surface area contributed by atoms with Crippen molar-refractivity contribution in [1.29, 1.82) is 0 Å². The summed E-state index contributed by atoms with van der Waals surface area (Å²) in [4.78, 5) is 24.8. The van der Waals surface area contributed by atoms with Gasteiger partial charge in [0.15, 0.2) is 0 Å². The van der Waals surface area contributed by atoms with Gasteiger partial charge in [0.25, 0.3) is 5.91 Å². The maximum atomic E-state index is 12.4. The van der Waals surface area contributed by atoms with E-state index in [2.05, 4.69) is 10.6 Å². The SMILES string of the molecule is O=C(N[C@@H](Cc1ccccc1)C(=O)NC1CC1)c1ccccc1. The Morgan fingerprint density at radius 2 is 1.57 bits per heavy atom. The van der Waals surface area contributed by atoms with E-state index in [1.807, 2.05) is 48.5 Å². The maximum absolute atomic E-state index is 12.4. The van der Waals surface area contributed by atoms with Crippen LogP contribution in [0.4, 0.5) is 0 Å². The van der Waals surface area contributed by atoms with Crippen molar-refractivity contribution in [2.75, 3.05) is 0 Å². The van der Waals surface area contributed by atoms with Crippen molar-refractivity contribution in [1.82, 2.24) is 10.6 Å². The molecule has 23 heavy (non-hydrogen) atoms. The highest BCUT2D eigenvalue weighted by atomic mass is 16.2. The molecule has 0 aliphatic heterocycles. The third-order valence-corrected chi connectivity index (χ3v) is 3.86. The van der Waals surface area contributed by atoms with E-state index in [-0.39, 0.29) is 17.9 Å². The molecule has 2 aromatic carbocycles. The van der Waals surface area contributed by atoms with Crippen LogP contribution in [0.2, 0.25) is 0 Å². The smallest absolute Gasteiger partial charge is 0.251 e. The van der Waals surface area contributed by atoms with Crippen LogP contribution in [0.5, 0.6) is 0 Å². The summed E-state index contributed by atoms with van der Waals surface area (Å²) >= 11 is 0. The Balaban J connectivity index is 1.71. The number of carbonyl (C=O) groups excluding carboxylic acids is 2. The molecule has 0 saturated heterocycles. The summed E-state index contributed by atoms with van der Waals surface area (Å²) in [6.07, 6.45) is 2.53. The first-order valence-electron chi connectivity index (χ1n) is 7.92. The lowest BCUT2D eigenvalue weighted by Gasteiger charge is -2.18. The zero-order valence-electron chi connectivity index (χ0n) is 12.9. The van der Waals surface area contributed by atoms with Crippen molar-refractivity contribution in [3.8, 4) is 0 Å². The predicted molar refractivity (Wildman–Crippen MR) is 89.0 cm³/mol. The molecule has 1 atom stereocenters. The number of amides is 2. The summed E-state index contributed by atoms with van der Waals surface area (Å²) in [6.45, 7) is 0. The monoisotopic (exact) mass is 308 g/mol. The minimum absolute atomic E-state index is 0.111. The van der Waals surface area contributed by atoms with Crippen molar-refractivity contribution in [3.05, 3.63) is 71.8 Å². The molecule has 1 aliphatic carbocycles. The summed E-state index contributed by atoms with van der Waals surface area (Å²) in [6, 6.07) is 18.4. The number of hydrogen-bond acceptors (Lipinski definition) is 2. The number of rotatable bonds is 6. The molecular formula is C19H20N2O2. The molecule has 0 bridgehead atoms. The largest absolute Gasteiger partial charge is 0.352 e. The molecule has 118 valence electrons. The molecule has 0 heterocycles. The first-order chi connectivity index (χ1) is 11.2. The van der Waals surface area contributed by atoms with Gasteiger partial charge < -0.3 is 10.6 Å². The first kappa shape index (κ1) is 15.3. The molecule has 1 saturated carbocycles. The van der Waals surface area contributed by atoms with Gasteiger partial charge in [0, 0.05) is 18.0 Å². The lowest BCUT2D eigenvalue weighted by molar-refractivity contribution is -0.123. The Bertz CT molecular complexity index is 666. The average molecular weight is 308 g/mol. The standard InChI is InChI=1S/C19H20N2O2/c22-18(15-9-5-2-6-10-15)21-17(19(23)20-16-11-12-16)13-14-7-3-1-4-8-14/h1-10,16-17H,11-13H2,(H,20,23)(H,21,22)/t17-/m0/s1. The lowest BCUT2D eigenvalue weighted by atomic mass is 10.0. The number of hydrogen-bond donors (Lipinski definition) is 2. The van der Waals surface area contributed by atoms with E-state index in [1.54, 1.807) is 12.1 Å². The minimum Gasteiger partial charge on any atom is -0.352 e. The Morgan fingerprint density at radius 1 is 0.957 bits per heavy atom. The van der Waals surface area contributed by atoms with Gasteiger partial charge >= 0.3 is 0 Å². The van der Waals surface area contributed by atoms with Crippen LogP contribution in [0.25, 0.3) is 0 Å². The fourth-order valence-electron chi connectivity index (χ4n) is 2.42. The Kier molecular flexibility index (Phi) is 4.71. The van der Waals surface area contributed by atoms with E-state index < -0.39 is 6.04 Å². The lowest BCUT2D eigenvalue weighted by Crippen LogP contribution is -2.48. The van der Waals surface area contributed by atoms with Crippen LogP contribution in [0.1, 0.15) is 28.8 Å². The predicted octanol–water partition coefficient (Wildman–Crippen LogP) is 2.31. The van der Waals surface area contributed by atoms with Crippen LogP contribution < -0.4 is 10.6 Å². The summed E-state index contributed by atoms with van der Waals surface area (Å²) in [5.74, 6) is -0.335. The molecule has 0 unspecified atom stereocenters. The minimum atomic E-state index is -0.564. The molecule has 4 heteroatoms. The van der Waals surface area contributed by atoms with E-state index in [0.29, 0.717) is 12.0 Å². The molecule has 0 spiro atoms. The van der Waals surface area contributed by atoms with Gasteiger partial charge in [-0.05, 0) is 30.5 Å². The molecule has 1 fully saturated rings. The third-order valence-electron chi connectivity index (χ3n) is 3.86. The molecule has 2 aromatic rings. The second-order valence-electron chi connectivity index (χ2n) is 5.86. The molecular weight excluding hydrogens is 288 g/mol. The van der Waals surface area contributed by atoms with Gasteiger partial charge in [0.1, 0.15) is 6.04 Å². The van der Waals surface area contributed by atoms with Gasteiger partial charge in [-0.25, -0.2) is 0 Å². The van der Waals surface area contributed by atoms with E-state index in [4.69, 9.17) is 0 Å². The van der Waals surface area contributed by atoms with Crippen molar-refractivity contribution < 1.29 is 9.59 Å². The van der Waals surface area contributed by atoms with Crippen LogP contribution in [-0.4, -0.2) is 23.9 Å². The van der Waals surface area contributed by atoms with E-state index in [1.165, 1.54) is 0 Å². The number of benzene rings is 2. The average Bonchev–Trinajstić information content (AvgIpc) is 3.40. The van der Waals surface area contributed by atoms with Gasteiger partial charge in [-0.2, -0.15) is 0 Å². The van der Waals surface area contributed by atoms with Gasteiger partial charge in [-0.3, -0.25) is 9.59 Å². The second-order valence-corrected chi connectivity index (χ2v) is 5.86. The highest BCUT2D eigenvalue weighted by molar-refractivity contribution is 5.97. The molecule has 2 N–H and O–H groups in total. The van der Waals surface area contributed by atoms with Crippen molar-refractivity contribution >= 4 is 11.8 Å². The summed E-state index contributed by atoms with van der Waals surface area (Å²) in [5, 5.41) is 5.84. The summed E-state index contributed by atoms with van der Waals surface area (Å²) in [5.41, 5.74) is 1.58. The Labute approximate surface area is 135 Å². The van der Waals surface area contributed by atoms with Gasteiger partial charge in [-0.1, -0.05) is 48.5 Å². The fourth-order valence-corrected chi connectivity index (χ4v) is 2.42. The Hall–Kier alpha value is -2.62. The Morgan fingerprint density at radius 3 is 2.17 bits per heavy atom. The van der Waals surface area contributed by atoms with Crippen LogP contribution in [0, 0.1) is 0 Å². The van der Waals surface area contributed by atoms with Gasteiger partial charge in [-0.15, -0.1) is 0 Å². The van der Waals surface area contributed by atoms with Crippen LogP contribution in [0.3, 0.4) is 0 Å².